The number of hydrogen-bond acceptors (Lipinski definition) is 5. The van der Waals surface area contributed by atoms with Crippen molar-refractivity contribution in [3.05, 3.63) is 12.2 Å². The summed E-state index contributed by atoms with van der Waals surface area (Å²) in [4.78, 5) is 24.6. The molecule has 2 unspecified atom stereocenters. The van der Waals surface area contributed by atoms with Crippen LogP contribution in [0.25, 0.3) is 0 Å². The number of aliphatic hydroxyl groups excluding tert-OH is 2. The van der Waals surface area contributed by atoms with Crippen molar-refractivity contribution in [1.29, 1.82) is 0 Å². The summed E-state index contributed by atoms with van der Waals surface area (Å²) in [5, 5.41) is 23.4. The number of allylic oxidation sites excluding steroid dienone is 2. The third-order valence-corrected chi connectivity index (χ3v) is 17.1. The predicted octanol–water partition coefficient (Wildman–Crippen LogP) is 23.1. The molecule has 0 spiro atoms. The summed E-state index contributed by atoms with van der Waals surface area (Å²) in [5.41, 5.74) is 0. The normalized spacial score (nSPS) is 12.5. The summed E-state index contributed by atoms with van der Waals surface area (Å²) in [6.07, 6.45) is 84.1. The molecular formula is C72H141NO5. The molecule has 0 bridgehead atoms. The summed E-state index contributed by atoms with van der Waals surface area (Å²) >= 11 is 0. The Kier molecular flexibility index (Phi) is 66.9. The van der Waals surface area contributed by atoms with Gasteiger partial charge in [0, 0.05) is 12.8 Å². The fraction of sp³-hybridized carbons (Fsp3) is 0.944. The molecule has 0 rings (SSSR count). The Morgan fingerprint density at radius 2 is 0.603 bits per heavy atom. The SMILES string of the molecule is CCCCCCCCCCCCCCCCCCCCC(O)C(CO)NC(=O)CCCCCCCCCCCCCCCCC/C=C\CCCCCCCCCCCCCCOC(=O)CCCCCCCCCCCCCC. The summed E-state index contributed by atoms with van der Waals surface area (Å²) in [6, 6.07) is -0.539. The van der Waals surface area contributed by atoms with Gasteiger partial charge in [0.2, 0.25) is 5.91 Å². The first-order chi connectivity index (χ1) is 38.5. The van der Waals surface area contributed by atoms with Gasteiger partial charge >= 0.3 is 5.97 Å². The van der Waals surface area contributed by atoms with E-state index in [0.29, 0.717) is 25.9 Å². The van der Waals surface area contributed by atoms with Crippen LogP contribution in [0.2, 0.25) is 0 Å². The van der Waals surface area contributed by atoms with E-state index in [-0.39, 0.29) is 18.5 Å². The predicted molar refractivity (Wildman–Crippen MR) is 343 cm³/mol. The van der Waals surface area contributed by atoms with E-state index in [4.69, 9.17) is 4.74 Å². The maximum atomic E-state index is 12.5. The molecule has 464 valence electrons. The van der Waals surface area contributed by atoms with Crippen molar-refractivity contribution in [3.63, 3.8) is 0 Å². The lowest BCUT2D eigenvalue weighted by Gasteiger charge is -2.22. The van der Waals surface area contributed by atoms with E-state index < -0.39 is 12.1 Å². The van der Waals surface area contributed by atoms with Crippen LogP contribution in [-0.4, -0.2) is 47.4 Å². The number of carbonyl (C=O) groups is 2. The quantitative estimate of drug-likeness (QED) is 0.0320. The lowest BCUT2D eigenvalue weighted by atomic mass is 10.0. The summed E-state index contributed by atoms with van der Waals surface area (Å²) in [5.74, 6) is -0.00918. The molecule has 0 radical (unpaired) electrons. The largest absolute Gasteiger partial charge is 0.466 e. The molecule has 0 aromatic heterocycles. The fourth-order valence-electron chi connectivity index (χ4n) is 11.6. The molecular weight excluding hydrogens is 959 g/mol. The first-order valence-electron chi connectivity index (χ1n) is 35.9. The lowest BCUT2D eigenvalue weighted by molar-refractivity contribution is -0.143. The van der Waals surface area contributed by atoms with Gasteiger partial charge < -0.3 is 20.3 Å². The number of esters is 1. The van der Waals surface area contributed by atoms with Gasteiger partial charge in [-0.25, -0.2) is 0 Å². The van der Waals surface area contributed by atoms with Crippen molar-refractivity contribution in [2.24, 2.45) is 0 Å². The van der Waals surface area contributed by atoms with Crippen LogP contribution < -0.4 is 5.32 Å². The van der Waals surface area contributed by atoms with Gasteiger partial charge in [0.15, 0.2) is 0 Å². The van der Waals surface area contributed by atoms with Crippen LogP contribution in [0.3, 0.4) is 0 Å². The van der Waals surface area contributed by atoms with Crippen molar-refractivity contribution in [3.8, 4) is 0 Å². The van der Waals surface area contributed by atoms with Crippen LogP contribution in [0.4, 0.5) is 0 Å². The second-order valence-corrected chi connectivity index (χ2v) is 24.9. The molecule has 0 aliphatic heterocycles. The molecule has 6 nitrogen and oxygen atoms in total. The number of carbonyl (C=O) groups excluding carboxylic acids is 2. The third kappa shape index (κ3) is 63.8. The van der Waals surface area contributed by atoms with E-state index in [2.05, 4.69) is 31.3 Å². The number of amides is 1. The topological polar surface area (TPSA) is 95.9 Å². The van der Waals surface area contributed by atoms with Crippen LogP contribution in [0, 0.1) is 0 Å². The van der Waals surface area contributed by atoms with E-state index in [1.165, 1.54) is 340 Å². The minimum Gasteiger partial charge on any atom is -0.466 e. The third-order valence-electron chi connectivity index (χ3n) is 17.1. The number of unbranched alkanes of at least 4 members (excludes halogenated alkanes) is 55. The maximum Gasteiger partial charge on any atom is 0.305 e. The van der Waals surface area contributed by atoms with Gasteiger partial charge in [0.25, 0.3) is 0 Å². The Balaban J connectivity index is 3.35. The van der Waals surface area contributed by atoms with Crippen molar-refractivity contribution in [1.82, 2.24) is 5.32 Å². The lowest BCUT2D eigenvalue weighted by Crippen LogP contribution is -2.45. The number of aliphatic hydroxyl groups is 2. The zero-order valence-electron chi connectivity index (χ0n) is 53.2. The minimum absolute atomic E-state index is 0.0193. The van der Waals surface area contributed by atoms with Gasteiger partial charge in [-0.2, -0.15) is 0 Å². The Morgan fingerprint density at radius 3 is 0.910 bits per heavy atom. The molecule has 0 aromatic rings. The molecule has 0 aliphatic rings. The molecule has 0 saturated carbocycles. The van der Waals surface area contributed by atoms with Crippen molar-refractivity contribution >= 4 is 11.9 Å². The van der Waals surface area contributed by atoms with E-state index in [9.17, 15) is 19.8 Å². The van der Waals surface area contributed by atoms with Crippen molar-refractivity contribution in [2.45, 2.75) is 424 Å². The average molecular weight is 1100 g/mol. The second kappa shape index (κ2) is 68.1. The highest BCUT2D eigenvalue weighted by molar-refractivity contribution is 5.76. The highest BCUT2D eigenvalue weighted by atomic mass is 16.5. The summed E-state index contributed by atoms with van der Waals surface area (Å²) in [6.45, 7) is 5.00. The van der Waals surface area contributed by atoms with Crippen LogP contribution in [0.5, 0.6) is 0 Å². The fourth-order valence-corrected chi connectivity index (χ4v) is 11.6. The molecule has 0 fully saturated rings. The Morgan fingerprint density at radius 1 is 0.346 bits per heavy atom. The van der Waals surface area contributed by atoms with Crippen LogP contribution in [0.15, 0.2) is 12.2 Å². The van der Waals surface area contributed by atoms with Crippen LogP contribution in [0.1, 0.15) is 412 Å². The Labute approximate surface area is 489 Å². The zero-order chi connectivity index (χ0) is 56.4. The number of hydrogen-bond donors (Lipinski definition) is 3. The smallest absolute Gasteiger partial charge is 0.305 e. The second-order valence-electron chi connectivity index (χ2n) is 24.9. The first-order valence-corrected chi connectivity index (χ1v) is 35.9. The molecule has 78 heavy (non-hydrogen) atoms. The van der Waals surface area contributed by atoms with Crippen LogP contribution >= 0.6 is 0 Å². The Hall–Kier alpha value is -1.40. The molecule has 2 atom stereocenters. The number of nitrogens with one attached hydrogen (secondary N) is 1. The minimum atomic E-state index is -0.662. The molecule has 0 aromatic carbocycles. The van der Waals surface area contributed by atoms with Crippen molar-refractivity contribution in [2.75, 3.05) is 13.2 Å². The van der Waals surface area contributed by atoms with Crippen LogP contribution in [-0.2, 0) is 14.3 Å². The summed E-state index contributed by atoms with van der Waals surface area (Å²) < 4.78 is 5.48. The van der Waals surface area contributed by atoms with Gasteiger partial charge in [-0.3, -0.25) is 9.59 Å². The van der Waals surface area contributed by atoms with Gasteiger partial charge in [0.1, 0.15) is 0 Å². The number of ether oxygens (including phenoxy) is 1. The number of rotatable bonds is 68. The van der Waals surface area contributed by atoms with Gasteiger partial charge in [-0.15, -0.1) is 0 Å². The molecule has 0 saturated heterocycles. The van der Waals surface area contributed by atoms with Gasteiger partial charge in [-0.1, -0.05) is 360 Å². The monoisotopic (exact) mass is 1100 g/mol. The van der Waals surface area contributed by atoms with E-state index in [1.54, 1.807) is 0 Å². The molecule has 1 amide bonds. The highest BCUT2D eigenvalue weighted by Crippen LogP contribution is 2.19. The summed E-state index contributed by atoms with van der Waals surface area (Å²) in [7, 11) is 0. The van der Waals surface area contributed by atoms with E-state index in [0.717, 1.165) is 38.5 Å². The molecule has 0 heterocycles. The highest BCUT2D eigenvalue weighted by Gasteiger charge is 2.20. The van der Waals surface area contributed by atoms with E-state index >= 15 is 0 Å². The zero-order valence-corrected chi connectivity index (χ0v) is 53.2. The molecule has 0 aliphatic carbocycles. The Bertz CT molecular complexity index is 1180. The molecule has 6 heteroatoms. The van der Waals surface area contributed by atoms with Gasteiger partial charge in [0.05, 0.1) is 25.4 Å². The first kappa shape index (κ1) is 76.6. The standard InChI is InChI=1S/C72H141NO5/c1-3-5-7-9-11-13-15-17-18-19-35-38-41-44-48-52-56-60-64-70(75)69(68-74)73-71(76)65-61-57-53-49-45-42-39-36-33-31-29-27-25-23-21-20-22-24-26-28-30-32-34-37-40-43-47-51-55-59-63-67-78-72(77)66-62-58-54-50-46-16-14-12-10-8-6-4-2/h22,24,69-70,74-75H,3-21,23,25-68H2,1-2H3,(H,73,76)/b24-22-. The van der Waals surface area contributed by atoms with Gasteiger partial charge in [-0.05, 0) is 51.4 Å². The maximum absolute atomic E-state index is 12.5. The average Bonchev–Trinajstić information content (AvgIpc) is 3.44. The molecule has 3 N–H and O–H groups in total. The van der Waals surface area contributed by atoms with Crippen molar-refractivity contribution < 1.29 is 24.5 Å². The van der Waals surface area contributed by atoms with E-state index in [1.807, 2.05) is 0 Å².